The van der Waals surface area contributed by atoms with Crippen molar-refractivity contribution < 1.29 is 33.2 Å². The number of thiocarbonyl (C=S) groups is 1. The van der Waals surface area contributed by atoms with Crippen LogP contribution in [0.2, 0.25) is 0 Å². The van der Waals surface area contributed by atoms with Gasteiger partial charge >= 0.3 is 0 Å². The Hall–Kier alpha value is -3.86. The second-order valence-electron chi connectivity index (χ2n) is 6.72. The van der Waals surface area contributed by atoms with Gasteiger partial charge in [0.15, 0.2) is 28.1 Å². The number of hydrogen-bond donors (Lipinski definition) is 3. The number of amides is 1. The van der Waals surface area contributed by atoms with Crippen molar-refractivity contribution in [2.24, 2.45) is 0 Å². The Morgan fingerprint density at radius 1 is 0.735 bits per heavy atom. The minimum Gasteiger partial charge on any atom is -0.496 e. The number of ether oxygens (including phenoxy) is 6. The lowest BCUT2D eigenvalue weighted by Gasteiger charge is -2.16. The molecule has 3 N–H and O–H groups in total. The predicted octanol–water partition coefficient (Wildman–Crippen LogP) is 3.16. The third-order valence-corrected chi connectivity index (χ3v) is 4.88. The normalized spacial score (nSPS) is 10.6. The molecule has 0 aliphatic heterocycles. The number of carbonyl (C=O) groups is 1. The summed E-state index contributed by atoms with van der Waals surface area (Å²) in [4.78, 5) is 12.6. The van der Waals surface area contributed by atoms with Crippen LogP contribution in [-0.4, -0.2) is 53.7 Å². The van der Waals surface area contributed by atoms with Crippen molar-refractivity contribution in [3.8, 4) is 34.5 Å². The van der Waals surface area contributed by atoms with Crippen molar-refractivity contribution in [3.05, 3.63) is 35.4 Å². The van der Waals surface area contributed by atoms with Crippen LogP contribution < -0.4 is 44.6 Å². The summed E-state index contributed by atoms with van der Waals surface area (Å²) in [5, 5.41) is 3.10. The van der Waals surface area contributed by atoms with Gasteiger partial charge in [-0.05, 0) is 31.3 Å². The summed E-state index contributed by atoms with van der Waals surface area (Å²) < 4.78 is 32.0. The van der Waals surface area contributed by atoms with E-state index in [2.05, 4.69) is 16.2 Å². The largest absolute Gasteiger partial charge is 0.496 e. The van der Waals surface area contributed by atoms with Crippen LogP contribution in [0.1, 0.15) is 12.5 Å². The van der Waals surface area contributed by atoms with Gasteiger partial charge in [-0.25, -0.2) is 0 Å². The maximum Gasteiger partial charge on any atom is 0.265 e. The van der Waals surface area contributed by atoms with Crippen molar-refractivity contribution in [2.75, 3.05) is 48.0 Å². The molecule has 0 saturated heterocycles. The summed E-state index contributed by atoms with van der Waals surface area (Å²) in [7, 11) is 9.14. The highest BCUT2D eigenvalue weighted by Crippen LogP contribution is 2.40. The Balaban J connectivity index is 2.10. The van der Waals surface area contributed by atoms with E-state index in [1.165, 1.54) is 42.7 Å². The Labute approximate surface area is 204 Å². The number of rotatable bonds is 9. The maximum absolute atomic E-state index is 12.6. The Bertz CT molecular complexity index is 1050. The van der Waals surface area contributed by atoms with Gasteiger partial charge in [0.2, 0.25) is 5.75 Å². The SMILES string of the molecule is COc1cc(OC)c(OC)cc1/C=C(/C)C(=O)NNC(=S)Nc1cc(OC)c(OC)c(OC)c1. The summed E-state index contributed by atoms with van der Waals surface area (Å²) in [6.45, 7) is 1.66. The standard InChI is InChI=1S/C23H29N3O7S/c1-13(8-14-9-17(29-3)18(30-4)12-16(14)28-2)22(27)25-26-23(34)24-15-10-19(31-5)21(33-7)20(11-15)32-6/h8-12H,1-7H3,(H,25,27)(H2,24,26,34)/b13-8-. The highest BCUT2D eigenvalue weighted by molar-refractivity contribution is 7.80. The van der Waals surface area contributed by atoms with Gasteiger partial charge in [-0.3, -0.25) is 15.6 Å². The lowest BCUT2D eigenvalue weighted by Crippen LogP contribution is -2.44. The molecule has 0 aromatic heterocycles. The van der Waals surface area contributed by atoms with Gasteiger partial charge < -0.3 is 33.7 Å². The van der Waals surface area contributed by atoms with Crippen molar-refractivity contribution in [1.29, 1.82) is 0 Å². The van der Waals surface area contributed by atoms with Crippen LogP contribution in [0.25, 0.3) is 6.08 Å². The molecule has 0 heterocycles. The van der Waals surface area contributed by atoms with E-state index in [9.17, 15) is 4.79 Å². The number of hydrazine groups is 1. The molecular weight excluding hydrogens is 462 g/mol. The summed E-state index contributed by atoms with van der Waals surface area (Å²) in [6, 6.07) is 6.78. The van der Waals surface area contributed by atoms with Crippen LogP contribution in [0.5, 0.6) is 34.5 Å². The minimum absolute atomic E-state index is 0.152. The molecule has 0 fully saturated rings. The van der Waals surface area contributed by atoms with E-state index in [-0.39, 0.29) is 5.11 Å². The van der Waals surface area contributed by atoms with Gasteiger partial charge in [-0.1, -0.05) is 0 Å². The molecule has 1 amide bonds. The van der Waals surface area contributed by atoms with E-state index >= 15 is 0 Å². The fourth-order valence-corrected chi connectivity index (χ4v) is 3.16. The zero-order chi connectivity index (χ0) is 25.3. The molecule has 10 nitrogen and oxygen atoms in total. The van der Waals surface area contributed by atoms with Crippen molar-refractivity contribution >= 4 is 35.0 Å². The molecule has 2 aromatic carbocycles. The molecule has 11 heteroatoms. The quantitative estimate of drug-likeness (QED) is 0.275. The zero-order valence-corrected chi connectivity index (χ0v) is 21.0. The number of nitrogens with one attached hydrogen (secondary N) is 3. The topological polar surface area (TPSA) is 109 Å². The number of carbonyl (C=O) groups excluding carboxylic acids is 1. The van der Waals surface area contributed by atoms with E-state index in [1.807, 2.05) is 0 Å². The first-order valence-electron chi connectivity index (χ1n) is 9.97. The Morgan fingerprint density at radius 2 is 1.26 bits per heavy atom. The summed E-state index contributed by atoms with van der Waals surface area (Å²) in [5.41, 5.74) is 6.82. The van der Waals surface area contributed by atoms with Gasteiger partial charge in [0.05, 0.1) is 42.7 Å². The van der Waals surface area contributed by atoms with Crippen LogP contribution >= 0.6 is 12.2 Å². The van der Waals surface area contributed by atoms with Crippen LogP contribution in [0.3, 0.4) is 0 Å². The van der Waals surface area contributed by atoms with Gasteiger partial charge in [0.1, 0.15) is 5.75 Å². The lowest BCUT2D eigenvalue weighted by atomic mass is 10.1. The molecule has 0 saturated carbocycles. The van der Waals surface area contributed by atoms with Gasteiger partial charge in [0, 0.05) is 35.0 Å². The second kappa shape index (κ2) is 12.4. The van der Waals surface area contributed by atoms with Crippen LogP contribution in [0.4, 0.5) is 5.69 Å². The zero-order valence-electron chi connectivity index (χ0n) is 20.2. The minimum atomic E-state index is -0.397. The molecular formula is C23H29N3O7S. The third-order valence-electron chi connectivity index (χ3n) is 4.68. The van der Waals surface area contributed by atoms with E-state index < -0.39 is 5.91 Å². The molecule has 0 aliphatic carbocycles. The average Bonchev–Trinajstić information content (AvgIpc) is 2.85. The van der Waals surface area contributed by atoms with E-state index in [1.54, 1.807) is 37.3 Å². The highest BCUT2D eigenvalue weighted by atomic mass is 32.1. The number of benzene rings is 2. The molecule has 0 radical (unpaired) electrons. The van der Waals surface area contributed by atoms with Crippen molar-refractivity contribution in [1.82, 2.24) is 10.9 Å². The molecule has 0 atom stereocenters. The van der Waals surface area contributed by atoms with Crippen molar-refractivity contribution in [3.63, 3.8) is 0 Å². The smallest absolute Gasteiger partial charge is 0.265 e. The molecule has 184 valence electrons. The molecule has 0 aliphatic rings. The maximum atomic E-state index is 12.6. The monoisotopic (exact) mass is 491 g/mol. The van der Waals surface area contributed by atoms with E-state index in [4.69, 9.17) is 40.6 Å². The first-order chi connectivity index (χ1) is 16.3. The fraction of sp³-hybridized carbons (Fsp3) is 0.304. The first-order valence-corrected chi connectivity index (χ1v) is 10.4. The highest BCUT2D eigenvalue weighted by Gasteiger charge is 2.15. The number of methoxy groups -OCH3 is 6. The molecule has 0 bridgehead atoms. The Kier molecular flexibility index (Phi) is 9.62. The molecule has 2 rings (SSSR count). The summed E-state index contributed by atoms with van der Waals surface area (Å²) >= 11 is 5.27. The van der Waals surface area contributed by atoms with Crippen LogP contribution in [-0.2, 0) is 4.79 Å². The molecule has 0 spiro atoms. The molecule has 0 unspecified atom stereocenters. The first kappa shape index (κ1) is 26.4. The fourth-order valence-electron chi connectivity index (χ4n) is 2.99. The number of anilines is 1. The van der Waals surface area contributed by atoms with Crippen LogP contribution in [0, 0.1) is 0 Å². The second-order valence-corrected chi connectivity index (χ2v) is 7.13. The lowest BCUT2D eigenvalue weighted by molar-refractivity contribution is -0.117. The van der Waals surface area contributed by atoms with Gasteiger partial charge in [0.25, 0.3) is 5.91 Å². The number of hydrogen-bond acceptors (Lipinski definition) is 8. The summed E-state index contributed by atoms with van der Waals surface area (Å²) in [5.74, 6) is 2.52. The average molecular weight is 492 g/mol. The summed E-state index contributed by atoms with van der Waals surface area (Å²) in [6.07, 6.45) is 1.66. The van der Waals surface area contributed by atoms with Gasteiger partial charge in [-0.2, -0.15) is 0 Å². The molecule has 34 heavy (non-hydrogen) atoms. The third kappa shape index (κ3) is 6.35. The Morgan fingerprint density at radius 3 is 1.76 bits per heavy atom. The molecule has 2 aromatic rings. The van der Waals surface area contributed by atoms with E-state index in [0.717, 1.165) is 0 Å². The van der Waals surface area contributed by atoms with Crippen LogP contribution in [0.15, 0.2) is 29.8 Å². The predicted molar refractivity (Wildman–Crippen MR) is 133 cm³/mol. The van der Waals surface area contributed by atoms with E-state index in [0.29, 0.717) is 51.3 Å². The van der Waals surface area contributed by atoms with Crippen molar-refractivity contribution in [2.45, 2.75) is 6.92 Å². The van der Waals surface area contributed by atoms with Gasteiger partial charge in [-0.15, -0.1) is 0 Å².